The molecule has 0 aromatic heterocycles. The SMILES string of the molecule is CCCN(CC)CCN(C)c1c(C(C)(C)C)c(=O)c1=O. The Bertz CT molecular complexity index is 507. The van der Waals surface area contributed by atoms with Crippen LogP contribution in [0.3, 0.4) is 0 Å². The first kappa shape index (κ1) is 16.9. The summed E-state index contributed by atoms with van der Waals surface area (Å²) < 4.78 is 0. The molecule has 0 amide bonds. The predicted octanol–water partition coefficient (Wildman–Crippen LogP) is 1.75. The quantitative estimate of drug-likeness (QED) is 0.714. The number of nitrogens with zero attached hydrogens (tertiary/aromatic N) is 2. The van der Waals surface area contributed by atoms with E-state index in [4.69, 9.17) is 0 Å². The van der Waals surface area contributed by atoms with Gasteiger partial charge in [0.15, 0.2) is 0 Å². The molecule has 4 nitrogen and oxygen atoms in total. The molecule has 0 radical (unpaired) electrons. The number of likely N-dealkylation sites (N-methyl/N-ethyl adjacent to an activating group) is 2. The second kappa shape index (κ2) is 6.53. The van der Waals surface area contributed by atoms with Crippen LogP contribution in [0.2, 0.25) is 0 Å². The van der Waals surface area contributed by atoms with Crippen LogP contribution < -0.4 is 15.8 Å². The summed E-state index contributed by atoms with van der Waals surface area (Å²) in [5, 5.41) is 0. The third-order valence-electron chi connectivity index (χ3n) is 3.76. The fourth-order valence-electron chi connectivity index (χ4n) is 2.59. The van der Waals surface area contributed by atoms with Crippen LogP contribution >= 0.6 is 0 Å². The van der Waals surface area contributed by atoms with E-state index in [1.54, 1.807) is 0 Å². The predicted molar refractivity (Wildman–Crippen MR) is 85.7 cm³/mol. The summed E-state index contributed by atoms with van der Waals surface area (Å²) in [6.45, 7) is 14.0. The van der Waals surface area contributed by atoms with Gasteiger partial charge in [0.25, 0.3) is 0 Å². The van der Waals surface area contributed by atoms with Crippen molar-refractivity contribution in [2.24, 2.45) is 0 Å². The Morgan fingerprint density at radius 1 is 0.950 bits per heavy atom. The number of hydrogen-bond donors (Lipinski definition) is 0. The van der Waals surface area contributed by atoms with Crippen LogP contribution in [0.4, 0.5) is 5.69 Å². The smallest absolute Gasteiger partial charge is 0.249 e. The molecule has 0 saturated carbocycles. The van der Waals surface area contributed by atoms with Crippen LogP contribution in [0.25, 0.3) is 0 Å². The van der Waals surface area contributed by atoms with Crippen LogP contribution in [0, 0.1) is 0 Å². The Hall–Kier alpha value is -1.16. The lowest BCUT2D eigenvalue weighted by Gasteiger charge is -2.31. The van der Waals surface area contributed by atoms with E-state index in [-0.39, 0.29) is 16.3 Å². The molecule has 0 N–H and O–H groups in total. The summed E-state index contributed by atoms with van der Waals surface area (Å²) in [4.78, 5) is 27.9. The van der Waals surface area contributed by atoms with Crippen LogP contribution in [0.15, 0.2) is 9.59 Å². The molecular formula is C16H28N2O2. The van der Waals surface area contributed by atoms with Crippen molar-refractivity contribution < 1.29 is 0 Å². The maximum atomic E-state index is 11.8. The second-order valence-electron chi connectivity index (χ2n) is 6.49. The van der Waals surface area contributed by atoms with Crippen molar-refractivity contribution in [3.05, 3.63) is 26.0 Å². The highest BCUT2D eigenvalue weighted by Crippen LogP contribution is 2.27. The molecule has 20 heavy (non-hydrogen) atoms. The molecule has 4 heteroatoms. The van der Waals surface area contributed by atoms with E-state index >= 15 is 0 Å². The molecule has 0 bridgehead atoms. The maximum Gasteiger partial charge on any atom is 0.249 e. The average molecular weight is 280 g/mol. The van der Waals surface area contributed by atoms with Crippen molar-refractivity contribution in [2.75, 3.05) is 38.1 Å². The third kappa shape index (κ3) is 3.48. The van der Waals surface area contributed by atoms with Crippen LogP contribution in [0.5, 0.6) is 0 Å². The van der Waals surface area contributed by atoms with Gasteiger partial charge in [-0.15, -0.1) is 0 Å². The summed E-state index contributed by atoms with van der Waals surface area (Å²) in [6, 6.07) is 0. The summed E-state index contributed by atoms with van der Waals surface area (Å²) in [5.41, 5.74) is 0.414. The van der Waals surface area contributed by atoms with E-state index in [2.05, 4.69) is 18.7 Å². The molecule has 114 valence electrons. The lowest BCUT2D eigenvalue weighted by molar-refractivity contribution is 0.295. The molecule has 0 aliphatic heterocycles. The Morgan fingerprint density at radius 3 is 2.00 bits per heavy atom. The van der Waals surface area contributed by atoms with E-state index < -0.39 is 0 Å². The summed E-state index contributed by atoms with van der Waals surface area (Å²) >= 11 is 0. The van der Waals surface area contributed by atoms with Gasteiger partial charge in [-0.2, -0.15) is 0 Å². The van der Waals surface area contributed by atoms with Gasteiger partial charge >= 0.3 is 0 Å². The van der Waals surface area contributed by atoms with E-state index in [1.165, 1.54) is 0 Å². The lowest BCUT2D eigenvalue weighted by atomic mass is 9.82. The Kier molecular flexibility index (Phi) is 5.51. The molecule has 1 aromatic rings. The minimum Gasteiger partial charge on any atom is -0.370 e. The maximum absolute atomic E-state index is 11.8. The van der Waals surface area contributed by atoms with E-state index in [0.717, 1.165) is 32.6 Å². The fourth-order valence-corrected chi connectivity index (χ4v) is 2.59. The Labute approximate surface area is 122 Å². The standard InChI is InChI=1S/C16H28N2O2/c1-7-9-18(8-2)11-10-17(6)13-12(16(3,4)5)14(19)15(13)20/h7-11H2,1-6H3. The van der Waals surface area contributed by atoms with Gasteiger partial charge in [0, 0.05) is 25.7 Å². The monoisotopic (exact) mass is 280 g/mol. The molecular weight excluding hydrogens is 252 g/mol. The van der Waals surface area contributed by atoms with Gasteiger partial charge in [-0.3, -0.25) is 9.59 Å². The zero-order valence-corrected chi connectivity index (χ0v) is 13.7. The first-order chi connectivity index (χ1) is 9.23. The molecule has 0 fully saturated rings. The molecule has 0 saturated heterocycles. The minimum absolute atomic E-state index is 0.261. The third-order valence-corrected chi connectivity index (χ3v) is 3.76. The van der Waals surface area contributed by atoms with Gasteiger partial charge in [0.2, 0.25) is 10.9 Å². The van der Waals surface area contributed by atoms with Crippen LogP contribution in [-0.4, -0.2) is 38.1 Å². The van der Waals surface area contributed by atoms with Gasteiger partial charge in [0.1, 0.15) is 0 Å². The number of anilines is 1. The molecule has 0 aliphatic carbocycles. The zero-order chi connectivity index (χ0) is 15.5. The molecule has 0 unspecified atom stereocenters. The van der Waals surface area contributed by atoms with E-state index in [1.807, 2.05) is 32.7 Å². The largest absolute Gasteiger partial charge is 0.370 e. The highest BCUT2D eigenvalue weighted by molar-refractivity contribution is 5.60. The van der Waals surface area contributed by atoms with Crippen molar-refractivity contribution in [1.29, 1.82) is 0 Å². The van der Waals surface area contributed by atoms with Crippen molar-refractivity contribution >= 4 is 5.69 Å². The molecule has 1 aromatic carbocycles. The van der Waals surface area contributed by atoms with Crippen molar-refractivity contribution in [3.8, 4) is 0 Å². The number of hydrogen-bond acceptors (Lipinski definition) is 4. The number of rotatable bonds is 7. The fraction of sp³-hybridized carbons (Fsp3) is 0.750. The highest BCUT2D eigenvalue weighted by Gasteiger charge is 2.32. The van der Waals surface area contributed by atoms with Gasteiger partial charge in [-0.05, 0) is 24.9 Å². The first-order valence-electron chi connectivity index (χ1n) is 7.51. The molecule has 0 spiro atoms. The molecule has 1 rings (SSSR count). The summed E-state index contributed by atoms with van der Waals surface area (Å²) in [7, 11) is 1.91. The van der Waals surface area contributed by atoms with Crippen molar-refractivity contribution in [1.82, 2.24) is 4.90 Å². The van der Waals surface area contributed by atoms with Crippen molar-refractivity contribution in [3.63, 3.8) is 0 Å². The van der Waals surface area contributed by atoms with Gasteiger partial charge in [-0.25, -0.2) is 0 Å². The molecule has 0 atom stereocenters. The topological polar surface area (TPSA) is 40.6 Å². The average Bonchev–Trinajstić information content (AvgIpc) is 2.37. The Balaban J connectivity index is 2.79. The first-order valence-corrected chi connectivity index (χ1v) is 7.51. The molecule has 0 aliphatic rings. The molecule has 0 heterocycles. The van der Waals surface area contributed by atoms with E-state index in [0.29, 0.717) is 11.3 Å². The van der Waals surface area contributed by atoms with E-state index in [9.17, 15) is 9.59 Å². The van der Waals surface area contributed by atoms with Crippen LogP contribution in [-0.2, 0) is 5.41 Å². The normalized spacial score (nSPS) is 12.3. The van der Waals surface area contributed by atoms with Crippen molar-refractivity contribution in [2.45, 2.75) is 46.5 Å². The lowest BCUT2D eigenvalue weighted by Crippen LogP contribution is -2.48. The van der Waals surface area contributed by atoms with Crippen LogP contribution in [0.1, 0.15) is 46.6 Å². The zero-order valence-electron chi connectivity index (χ0n) is 13.7. The second-order valence-corrected chi connectivity index (χ2v) is 6.49. The van der Waals surface area contributed by atoms with Gasteiger partial charge < -0.3 is 9.80 Å². The highest BCUT2D eigenvalue weighted by atomic mass is 16.2. The minimum atomic E-state index is -0.323. The summed E-state index contributed by atoms with van der Waals surface area (Å²) in [5.74, 6) is 0. The van der Waals surface area contributed by atoms with Gasteiger partial charge in [-0.1, -0.05) is 34.6 Å². The Morgan fingerprint density at radius 2 is 1.55 bits per heavy atom. The van der Waals surface area contributed by atoms with Gasteiger partial charge in [0.05, 0.1) is 5.69 Å². The summed E-state index contributed by atoms with van der Waals surface area (Å²) in [6.07, 6.45) is 1.13.